The average Bonchev–Trinajstić information content (AvgIpc) is 3.06. The van der Waals surface area contributed by atoms with Gasteiger partial charge in [0.2, 0.25) is 0 Å². The Hall–Kier alpha value is -2.49. The van der Waals surface area contributed by atoms with Gasteiger partial charge in [-0.3, -0.25) is 48.5 Å². The minimum atomic E-state index is -0.569. The van der Waals surface area contributed by atoms with Crippen LogP contribution in [-0.4, -0.2) is 220 Å². The third-order valence-corrected chi connectivity index (χ3v) is 8.96. The van der Waals surface area contributed by atoms with E-state index in [0.717, 1.165) is 52.4 Å². The maximum Gasteiger partial charge on any atom is 0.320 e. The van der Waals surface area contributed by atoms with E-state index in [4.69, 9.17) is 23.7 Å². The molecule has 0 atom stereocenters. The molecule has 0 saturated carbocycles. The minimum absolute atomic E-state index is 0. The molecule has 2 rings (SSSR count). The van der Waals surface area contributed by atoms with E-state index in [2.05, 4.69) is 25.8 Å². The Labute approximate surface area is 402 Å². The molecule has 0 unspecified atom stereocenters. The van der Waals surface area contributed by atoms with Crippen molar-refractivity contribution in [3.63, 3.8) is 0 Å². The van der Waals surface area contributed by atoms with Crippen LogP contribution in [0.25, 0.3) is 0 Å². The molecule has 2 fully saturated rings. The molecule has 3 N–H and O–H groups in total. The zero-order chi connectivity index (χ0) is 48.8. The lowest BCUT2D eigenvalue weighted by Crippen LogP contribution is -2.48. The Morgan fingerprint density at radius 2 is 0.446 bits per heavy atom. The van der Waals surface area contributed by atoms with Gasteiger partial charge in [0, 0.05) is 105 Å². The van der Waals surface area contributed by atoms with Crippen LogP contribution in [0.3, 0.4) is 0 Å². The van der Waals surface area contributed by atoms with Gasteiger partial charge in [0.25, 0.3) is 0 Å². The maximum absolute atomic E-state index is 12.6. The van der Waals surface area contributed by atoms with Gasteiger partial charge in [-0.25, -0.2) is 0 Å². The molecule has 65 heavy (non-hydrogen) atoms. The van der Waals surface area contributed by atoms with E-state index in [1.807, 2.05) is 119 Å². The normalized spacial score (nSPS) is 18.6. The van der Waals surface area contributed by atoms with Crippen LogP contribution in [0.15, 0.2) is 0 Å². The second-order valence-electron chi connectivity index (χ2n) is 21.6. The van der Waals surface area contributed by atoms with Gasteiger partial charge in [0.15, 0.2) is 0 Å². The van der Waals surface area contributed by atoms with Crippen molar-refractivity contribution in [1.82, 2.24) is 40.4 Å². The Bertz CT molecular complexity index is 1310. The fourth-order valence-corrected chi connectivity index (χ4v) is 6.50. The van der Waals surface area contributed by atoms with Gasteiger partial charge < -0.3 is 39.6 Å². The molecule has 0 radical (unpaired) electrons. The molecule has 0 aromatic rings. The molecule has 0 spiro atoms. The van der Waals surface area contributed by atoms with Crippen molar-refractivity contribution in [2.45, 2.75) is 132 Å². The van der Waals surface area contributed by atoms with Gasteiger partial charge in [0.05, 0.1) is 32.7 Å². The van der Waals surface area contributed by atoms with Gasteiger partial charge >= 0.3 is 29.8 Å². The summed E-state index contributed by atoms with van der Waals surface area (Å²) < 4.78 is 27.4. The number of nitrogens with zero attached hydrogens (tertiary/aromatic N) is 5. The van der Waals surface area contributed by atoms with Crippen LogP contribution < -0.4 is 16.0 Å². The number of nitrogens with one attached hydrogen (secondary N) is 3. The quantitative estimate of drug-likeness (QED) is 0.214. The van der Waals surface area contributed by atoms with Crippen molar-refractivity contribution in [2.75, 3.05) is 137 Å². The molecule has 2 aliphatic rings. The van der Waals surface area contributed by atoms with Crippen LogP contribution in [0.1, 0.15) is 104 Å². The van der Waals surface area contributed by atoms with E-state index >= 15 is 0 Å². The molecule has 0 aromatic carbocycles. The average molecular weight is 996 g/mol. The number of carbonyl (C=O) groups excluding carboxylic acids is 5. The zero-order valence-corrected chi connectivity index (χ0v) is 44.8. The highest BCUT2D eigenvalue weighted by Gasteiger charge is 2.25. The van der Waals surface area contributed by atoms with Gasteiger partial charge in [0.1, 0.15) is 28.0 Å². The molecule has 0 aliphatic carbocycles. The fourth-order valence-electron chi connectivity index (χ4n) is 6.50. The highest BCUT2D eigenvalue weighted by Crippen LogP contribution is 2.12. The topological polar surface area (TPSA) is 184 Å². The van der Waals surface area contributed by atoms with Gasteiger partial charge in [-0.2, -0.15) is 0 Å². The lowest BCUT2D eigenvalue weighted by Gasteiger charge is -2.32. The maximum atomic E-state index is 12.6. The molecule has 18 nitrogen and oxygen atoms in total. The molecule has 382 valence electrons. The van der Waals surface area contributed by atoms with Gasteiger partial charge in [-0.15, -0.1) is 17.0 Å². The second-order valence-corrected chi connectivity index (χ2v) is 21.6. The van der Waals surface area contributed by atoms with E-state index in [-0.39, 0.29) is 66.5 Å². The van der Waals surface area contributed by atoms with Crippen LogP contribution in [0.4, 0.5) is 0 Å². The van der Waals surface area contributed by atoms with Crippen molar-refractivity contribution in [2.24, 2.45) is 0 Å². The van der Waals surface area contributed by atoms with E-state index in [9.17, 15) is 24.0 Å². The highest BCUT2D eigenvalue weighted by molar-refractivity contribution is 8.93. The molecule has 2 saturated heterocycles. The first-order valence-electron chi connectivity index (χ1n) is 23.2. The van der Waals surface area contributed by atoms with E-state index in [1.165, 1.54) is 0 Å². The summed E-state index contributed by atoms with van der Waals surface area (Å²) in [6, 6.07) is 0. The summed E-state index contributed by atoms with van der Waals surface area (Å²) in [5, 5.41) is 10.2. The van der Waals surface area contributed by atoms with Crippen molar-refractivity contribution in [1.29, 1.82) is 0 Å². The number of carbonyl (C=O) groups is 5. The standard InChI is InChI=1S/C26H50N4O6.C20H40N4O4.BrH/c1-24(2,3)34-21(31)18-28-12-10-27-11-13-29(19-22(32)35-25(4,5)6)15-17-30(16-14-28)20-23(33)36-26(7,8)9;1-19(2,3)27-17(25)15-23-11-7-21-9-13-24(14-10-22-8-12-23)16-18(26)28-20(4,5)6;/h27H,10-20H2,1-9H3;21-22H,7-16H2,1-6H3;1H. The van der Waals surface area contributed by atoms with Crippen LogP contribution in [0, 0.1) is 0 Å². The molecule has 19 heteroatoms. The first-order valence-corrected chi connectivity index (χ1v) is 23.2. The van der Waals surface area contributed by atoms with Crippen molar-refractivity contribution < 1.29 is 47.7 Å². The number of esters is 5. The summed E-state index contributed by atoms with van der Waals surface area (Å²) >= 11 is 0. The van der Waals surface area contributed by atoms with E-state index < -0.39 is 28.0 Å². The minimum Gasteiger partial charge on any atom is -0.459 e. The van der Waals surface area contributed by atoms with E-state index in [1.54, 1.807) is 0 Å². The first-order chi connectivity index (χ1) is 29.4. The Morgan fingerprint density at radius 3 is 0.600 bits per heavy atom. The predicted octanol–water partition coefficient (Wildman–Crippen LogP) is 2.57. The highest BCUT2D eigenvalue weighted by atomic mass is 79.9. The first kappa shape index (κ1) is 62.5. The summed E-state index contributed by atoms with van der Waals surface area (Å²) in [4.78, 5) is 72.0. The molecular formula is C46H91BrN8O10. The van der Waals surface area contributed by atoms with Crippen LogP contribution in [0.2, 0.25) is 0 Å². The molecule has 2 heterocycles. The summed E-state index contributed by atoms with van der Waals surface area (Å²) in [7, 11) is 0. The number of hydrogen-bond donors (Lipinski definition) is 3. The molecule has 0 aromatic heterocycles. The third kappa shape index (κ3) is 37.2. The molecule has 2 aliphatic heterocycles. The fraction of sp³-hybridized carbons (Fsp3) is 0.891. The summed E-state index contributed by atoms with van der Waals surface area (Å²) in [6.07, 6.45) is 0. The lowest BCUT2D eigenvalue weighted by atomic mass is 10.2. The predicted molar refractivity (Wildman–Crippen MR) is 260 cm³/mol. The second kappa shape index (κ2) is 30.1. The van der Waals surface area contributed by atoms with Gasteiger partial charge in [-0.05, 0) is 104 Å². The van der Waals surface area contributed by atoms with Crippen molar-refractivity contribution >= 4 is 46.8 Å². The van der Waals surface area contributed by atoms with Crippen LogP contribution in [-0.2, 0) is 47.7 Å². The van der Waals surface area contributed by atoms with Gasteiger partial charge in [-0.1, -0.05) is 0 Å². The lowest BCUT2D eigenvalue weighted by molar-refractivity contribution is -0.158. The molecule has 0 bridgehead atoms. The molecular weight excluding hydrogens is 904 g/mol. The SMILES string of the molecule is Br.CC(C)(C)OC(=O)CN1CCNCCN(CC(=O)OC(C)(C)C)CCN(CC(=O)OC(C)(C)C)CC1.CC(C)(C)OC(=O)CN1CCNCCN(CC(=O)OC(C)(C)C)CCNCC1. The smallest absolute Gasteiger partial charge is 0.320 e. The molecule has 0 amide bonds. The Kier molecular flexibility index (Phi) is 28.9. The number of halogens is 1. The van der Waals surface area contributed by atoms with Crippen LogP contribution >= 0.6 is 17.0 Å². The van der Waals surface area contributed by atoms with E-state index in [0.29, 0.717) is 65.4 Å². The number of hydrogen-bond acceptors (Lipinski definition) is 18. The van der Waals surface area contributed by atoms with Crippen molar-refractivity contribution in [3.8, 4) is 0 Å². The number of ether oxygens (including phenoxy) is 5. The van der Waals surface area contributed by atoms with Crippen LogP contribution in [0.5, 0.6) is 0 Å². The zero-order valence-electron chi connectivity index (χ0n) is 43.1. The Balaban J connectivity index is 0.00000128. The van der Waals surface area contributed by atoms with Crippen molar-refractivity contribution in [3.05, 3.63) is 0 Å². The third-order valence-electron chi connectivity index (χ3n) is 8.96. The summed E-state index contributed by atoms with van der Waals surface area (Å²) in [5.74, 6) is -1.21. The monoisotopic (exact) mass is 995 g/mol. The number of rotatable bonds is 10. The Morgan fingerprint density at radius 1 is 0.308 bits per heavy atom. The summed E-state index contributed by atoms with van der Waals surface area (Å²) in [6.45, 7) is 40.3. The summed E-state index contributed by atoms with van der Waals surface area (Å²) in [5.41, 5.74) is -2.57. The largest absolute Gasteiger partial charge is 0.459 e.